The SMILES string of the molecule is C=c1cccc/c1=C(/C=C\C)N(c1ccc(-c2c3ccccc3c(C3=CCCC=C3)c3ccccc23)cc1)c1ccc(-c2c3ccccc3c(-c3ccccc3)c3ccccc23)cc1. The maximum absolute atomic E-state index is 4.50. The molecule has 0 aliphatic heterocycles. The molecule has 1 aliphatic carbocycles. The van der Waals surface area contributed by atoms with Crippen molar-refractivity contribution in [3.05, 3.63) is 247 Å². The van der Waals surface area contributed by atoms with Crippen LogP contribution in [-0.4, -0.2) is 0 Å². The molecule has 0 aromatic heterocycles. The summed E-state index contributed by atoms with van der Waals surface area (Å²) < 4.78 is 0. The first kappa shape index (κ1) is 38.9. The van der Waals surface area contributed by atoms with E-state index in [2.05, 4.69) is 249 Å². The molecule has 64 heavy (non-hydrogen) atoms. The van der Waals surface area contributed by atoms with Gasteiger partial charge in [0.05, 0.1) is 5.70 Å². The maximum atomic E-state index is 4.50. The van der Waals surface area contributed by atoms with Gasteiger partial charge < -0.3 is 4.90 Å². The smallest absolute Gasteiger partial charge is 0.0536 e. The van der Waals surface area contributed by atoms with Gasteiger partial charge in [0.1, 0.15) is 0 Å². The highest BCUT2D eigenvalue weighted by molar-refractivity contribution is 6.22. The van der Waals surface area contributed by atoms with E-state index in [4.69, 9.17) is 0 Å². The zero-order valence-corrected chi connectivity index (χ0v) is 36.0. The molecule has 1 heteroatoms. The highest BCUT2D eigenvalue weighted by atomic mass is 15.1. The van der Waals surface area contributed by atoms with Crippen LogP contribution >= 0.6 is 0 Å². The van der Waals surface area contributed by atoms with Crippen LogP contribution in [0.5, 0.6) is 0 Å². The van der Waals surface area contributed by atoms with Crippen LogP contribution < -0.4 is 15.3 Å². The Bertz CT molecular complexity index is 3490. The Hall–Kier alpha value is -8.00. The van der Waals surface area contributed by atoms with Crippen LogP contribution in [0.15, 0.2) is 231 Å². The van der Waals surface area contributed by atoms with Crippen molar-refractivity contribution in [3.63, 3.8) is 0 Å². The van der Waals surface area contributed by atoms with E-state index in [9.17, 15) is 0 Å². The molecule has 0 spiro atoms. The van der Waals surface area contributed by atoms with E-state index in [-0.39, 0.29) is 0 Å². The summed E-state index contributed by atoms with van der Waals surface area (Å²) in [5.74, 6) is 0. The minimum Gasteiger partial charge on any atom is -0.310 e. The fourth-order valence-corrected chi connectivity index (χ4v) is 10.1. The monoisotopic (exact) mass is 817 g/mol. The molecule has 0 heterocycles. The quantitative estimate of drug-likeness (QED) is 0.138. The van der Waals surface area contributed by atoms with Gasteiger partial charge in [-0.2, -0.15) is 0 Å². The van der Waals surface area contributed by atoms with Crippen LogP contribution in [0.4, 0.5) is 11.4 Å². The number of allylic oxidation sites excluding steroid dienone is 5. The van der Waals surface area contributed by atoms with Gasteiger partial charge in [0, 0.05) is 16.6 Å². The minimum absolute atomic E-state index is 0.978. The number of rotatable bonds is 8. The molecule has 0 saturated carbocycles. The van der Waals surface area contributed by atoms with Gasteiger partial charge in [-0.1, -0.05) is 207 Å². The molecular formula is C63H47N. The average Bonchev–Trinajstić information content (AvgIpc) is 3.36. The standard InChI is InChI=1S/C63H47N/c1-3-20-59(50-26-11-10-21-43(50)2)64(48-39-35-46(36-40-48)62-55-31-16-12-27-51(55)60(44-22-6-4-7-23-44)52-28-13-17-32-56(52)62)49-41-37-47(38-42-49)63-57-33-18-14-29-53(57)61(45-24-8-5-9-25-45)54-30-15-19-34-58(54)63/h3-4,6-8,10-42H,2,5,9H2,1H3/b20-3-,59-50+. The third-order valence-corrected chi connectivity index (χ3v) is 12.9. The Labute approximate surface area is 375 Å². The zero-order valence-electron chi connectivity index (χ0n) is 36.0. The summed E-state index contributed by atoms with van der Waals surface area (Å²) in [5.41, 5.74) is 13.2. The molecule has 1 aliphatic rings. The van der Waals surface area contributed by atoms with Crippen LogP contribution in [0.2, 0.25) is 0 Å². The number of benzene rings is 10. The van der Waals surface area contributed by atoms with E-state index in [0.29, 0.717) is 0 Å². The summed E-state index contributed by atoms with van der Waals surface area (Å²) in [4.78, 5) is 2.38. The molecule has 10 aromatic rings. The van der Waals surface area contributed by atoms with Gasteiger partial charge in [-0.25, -0.2) is 0 Å². The predicted molar refractivity (Wildman–Crippen MR) is 277 cm³/mol. The lowest BCUT2D eigenvalue weighted by molar-refractivity contribution is 1.04. The van der Waals surface area contributed by atoms with Crippen LogP contribution in [0.1, 0.15) is 25.3 Å². The van der Waals surface area contributed by atoms with Crippen LogP contribution in [0, 0.1) is 0 Å². The summed E-state index contributed by atoms with van der Waals surface area (Å²) in [6, 6.07) is 73.2. The number of anilines is 2. The highest BCUT2D eigenvalue weighted by Crippen LogP contribution is 2.46. The molecule has 0 atom stereocenters. The van der Waals surface area contributed by atoms with E-state index in [0.717, 1.165) is 40.4 Å². The van der Waals surface area contributed by atoms with E-state index in [1.54, 1.807) is 0 Å². The molecular weight excluding hydrogens is 771 g/mol. The first-order valence-corrected chi connectivity index (χ1v) is 22.4. The van der Waals surface area contributed by atoms with Crippen molar-refractivity contribution in [2.45, 2.75) is 19.8 Å². The largest absolute Gasteiger partial charge is 0.310 e. The van der Waals surface area contributed by atoms with E-state index in [1.807, 2.05) is 0 Å². The first-order valence-electron chi connectivity index (χ1n) is 22.4. The highest BCUT2D eigenvalue weighted by Gasteiger charge is 2.21. The summed E-state index contributed by atoms with van der Waals surface area (Å²) in [6.07, 6.45) is 13.5. The molecule has 0 radical (unpaired) electrons. The number of hydrogen-bond donors (Lipinski definition) is 0. The average molecular weight is 818 g/mol. The minimum atomic E-state index is 0.978. The van der Waals surface area contributed by atoms with Gasteiger partial charge in [0.25, 0.3) is 0 Å². The molecule has 1 nitrogen and oxygen atoms in total. The van der Waals surface area contributed by atoms with Gasteiger partial charge in [0.2, 0.25) is 0 Å². The Morgan fingerprint density at radius 2 is 0.812 bits per heavy atom. The lowest BCUT2D eigenvalue weighted by atomic mass is 9.84. The van der Waals surface area contributed by atoms with Crippen molar-refractivity contribution in [1.29, 1.82) is 0 Å². The molecule has 0 bridgehead atoms. The molecule has 11 rings (SSSR count). The van der Waals surface area contributed by atoms with Crippen molar-refractivity contribution in [1.82, 2.24) is 0 Å². The second-order valence-electron chi connectivity index (χ2n) is 16.7. The molecule has 0 fully saturated rings. The third kappa shape index (κ3) is 6.74. The van der Waals surface area contributed by atoms with Crippen LogP contribution in [-0.2, 0) is 0 Å². The Morgan fingerprint density at radius 3 is 1.22 bits per heavy atom. The Morgan fingerprint density at radius 1 is 0.422 bits per heavy atom. The van der Waals surface area contributed by atoms with Crippen LogP contribution in [0.3, 0.4) is 0 Å². The van der Waals surface area contributed by atoms with Crippen molar-refractivity contribution in [2.75, 3.05) is 4.90 Å². The van der Waals surface area contributed by atoms with Gasteiger partial charge in [-0.3, -0.25) is 0 Å². The normalized spacial score (nSPS) is 13.2. The van der Waals surface area contributed by atoms with Gasteiger partial charge in [-0.05, 0) is 143 Å². The Balaban J connectivity index is 1.08. The molecule has 304 valence electrons. The number of hydrogen-bond acceptors (Lipinski definition) is 1. The van der Waals surface area contributed by atoms with Gasteiger partial charge >= 0.3 is 0 Å². The summed E-state index contributed by atoms with van der Waals surface area (Å²) in [6.45, 7) is 6.58. The lowest BCUT2D eigenvalue weighted by Crippen LogP contribution is -2.31. The van der Waals surface area contributed by atoms with Gasteiger partial charge in [0.15, 0.2) is 0 Å². The fourth-order valence-electron chi connectivity index (χ4n) is 10.1. The van der Waals surface area contributed by atoms with Crippen molar-refractivity contribution >= 4 is 72.3 Å². The molecule has 0 N–H and O–H groups in total. The third-order valence-electron chi connectivity index (χ3n) is 12.9. The van der Waals surface area contributed by atoms with Crippen LogP contribution in [0.25, 0.3) is 94.3 Å². The topological polar surface area (TPSA) is 3.24 Å². The lowest BCUT2D eigenvalue weighted by Gasteiger charge is -2.27. The van der Waals surface area contributed by atoms with E-state index < -0.39 is 0 Å². The molecule has 0 amide bonds. The van der Waals surface area contributed by atoms with Crippen molar-refractivity contribution < 1.29 is 0 Å². The second-order valence-corrected chi connectivity index (χ2v) is 16.7. The maximum Gasteiger partial charge on any atom is 0.0536 e. The van der Waals surface area contributed by atoms with Crippen molar-refractivity contribution in [3.8, 4) is 33.4 Å². The fraction of sp³-hybridized carbons (Fsp3) is 0.0476. The first-order chi connectivity index (χ1) is 31.7. The summed E-state index contributed by atoms with van der Waals surface area (Å²) in [7, 11) is 0. The molecule has 10 aromatic carbocycles. The summed E-state index contributed by atoms with van der Waals surface area (Å²) in [5, 5.41) is 12.1. The number of fused-ring (bicyclic) bond motifs is 4. The van der Waals surface area contributed by atoms with Gasteiger partial charge in [-0.15, -0.1) is 0 Å². The zero-order chi connectivity index (χ0) is 43.0. The predicted octanol–water partition coefficient (Wildman–Crippen LogP) is 16.0. The molecule has 0 saturated heterocycles. The van der Waals surface area contributed by atoms with E-state index in [1.165, 1.54) is 87.6 Å². The van der Waals surface area contributed by atoms with Crippen molar-refractivity contribution in [2.24, 2.45) is 0 Å². The molecule has 0 unspecified atom stereocenters. The second kappa shape index (κ2) is 16.7. The Kier molecular flexibility index (Phi) is 10.1. The van der Waals surface area contributed by atoms with E-state index >= 15 is 0 Å². The number of nitrogens with zero attached hydrogens (tertiary/aromatic N) is 1. The summed E-state index contributed by atoms with van der Waals surface area (Å²) >= 11 is 0.